The molecule has 0 aromatic rings. The van der Waals surface area contributed by atoms with Crippen LogP contribution in [0.15, 0.2) is 0 Å². The standard InChI is InChI=1S/C9H14O7.C6H14O3/c1-2-3-16-7(9(14)15)5(8(12)13)4-6(10)11;1-5(8)4-9-6(2)3-7/h5,7H,2-4H2,1H3,(H,10,11)(H,12,13)(H,14,15);5-8H,3-4H2,1-2H3. The highest BCUT2D eigenvalue weighted by Crippen LogP contribution is 2.14. The van der Waals surface area contributed by atoms with E-state index >= 15 is 0 Å². The highest BCUT2D eigenvalue weighted by atomic mass is 16.5. The van der Waals surface area contributed by atoms with Crippen molar-refractivity contribution in [3.05, 3.63) is 0 Å². The summed E-state index contributed by atoms with van der Waals surface area (Å²) < 4.78 is 9.79. The van der Waals surface area contributed by atoms with E-state index in [0.717, 1.165) is 0 Å². The van der Waals surface area contributed by atoms with E-state index in [1.54, 1.807) is 20.8 Å². The summed E-state index contributed by atoms with van der Waals surface area (Å²) in [5.41, 5.74) is 0. The minimum absolute atomic E-state index is 0.00667. The van der Waals surface area contributed by atoms with Crippen LogP contribution >= 0.6 is 0 Å². The van der Waals surface area contributed by atoms with Crippen LogP contribution < -0.4 is 0 Å². The number of carboxylic acids is 3. The van der Waals surface area contributed by atoms with Crippen LogP contribution in [0.3, 0.4) is 0 Å². The fourth-order valence-corrected chi connectivity index (χ4v) is 1.47. The topological polar surface area (TPSA) is 171 Å². The SMILES string of the molecule is CC(O)COC(C)CO.CCCOC(C(=O)O)C(CC(=O)O)C(=O)O. The van der Waals surface area contributed by atoms with E-state index in [4.69, 9.17) is 35.0 Å². The minimum Gasteiger partial charge on any atom is -0.481 e. The van der Waals surface area contributed by atoms with E-state index in [0.29, 0.717) is 13.0 Å². The Balaban J connectivity index is 0. The number of aliphatic carboxylic acids is 3. The van der Waals surface area contributed by atoms with Gasteiger partial charge < -0.3 is 35.0 Å². The third-order valence-corrected chi connectivity index (χ3v) is 2.70. The molecule has 0 aromatic carbocycles. The molecular formula is C15H28O10. The van der Waals surface area contributed by atoms with Crippen LogP contribution in [0.1, 0.15) is 33.6 Å². The largest absolute Gasteiger partial charge is 0.481 e. The lowest BCUT2D eigenvalue weighted by atomic mass is 9.98. The molecule has 0 spiro atoms. The summed E-state index contributed by atoms with van der Waals surface area (Å²) in [7, 11) is 0. The van der Waals surface area contributed by atoms with Gasteiger partial charge in [0.2, 0.25) is 0 Å². The van der Waals surface area contributed by atoms with Gasteiger partial charge >= 0.3 is 17.9 Å². The second-order valence-corrected chi connectivity index (χ2v) is 5.35. The fourth-order valence-electron chi connectivity index (χ4n) is 1.47. The third kappa shape index (κ3) is 14.3. The number of carbonyl (C=O) groups is 3. The number of hydrogen-bond acceptors (Lipinski definition) is 7. The highest BCUT2D eigenvalue weighted by molar-refractivity contribution is 5.85. The summed E-state index contributed by atoms with van der Waals surface area (Å²) in [5.74, 6) is -5.92. The van der Waals surface area contributed by atoms with E-state index in [2.05, 4.69) is 0 Å². The monoisotopic (exact) mass is 368 g/mol. The molecule has 25 heavy (non-hydrogen) atoms. The van der Waals surface area contributed by atoms with Gasteiger partial charge in [0.15, 0.2) is 6.10 Å². The van der Waals surface area contributed by atoms with Crippen molar-refractivity contribution >= 4 is 17.9 Å². The quantitative estimate of drug-likeness (QED) is 0.311. The number of aliphatic hydroxyl groups excluding tert-OH is 2. The normalized spacial score (nSPS) is 15.2. The molecule has 0 heterocycles. The van der Waals surface area contributed by atoms with Crippen LogP contribution in [0, 0.1) is 5.92 Å². The average Bonchev–Trinajstić information content (AvgIpc) is 2.51. The summed E-state index contributed by atoms with van der Waals surface area (Å²) in [6.07, 6.45) is -2.51. The van der Waals surface area contributed by atoms with Gasteiger partial charge in [-0.25, -0.2) is 4.79 Å². The first-order valence-corrected chi connectivity index (χ1v) is 7.76. The highest BCUT2D eigenvalue weighted by Gasteiger charge is 2.36. The molecule has 0 bridgehead atoms. The zero-order valence-electron chi connectivity index (χ0n) is 14.6. The Morgan fingerprint density at radius 2 is 1.56 bits per heavy atom. The van der Waals surface area contributed by atoms with Gasteiger partial charge in [0, 0.05) is 6.61 Å². The van der Waals surface area contributed by atoms with Crippen molar-refractivity contribution in [2.45, 2.75) is 51.9 Å². The van der Waals surface area contributed by atoms with Gasteiger partial charge in [-0.1, -0.05) is 6.92 Å². The predicted octanol–water partition coefficient (Wildman–Crippen LogP) is -0.194. The van der Waals surface area contributed by atoms with Crippen molar-refractivity contribution in [3.63, 3.8) is 0 Å². The second-order valence-electron chi connectivity index (χ2n) is 5.35. The van der Waals surface area contributed by atoms with Crippen molar-refractivity contribution in [3.8, 4) is 0 Å². The molecule has 0 rings (SSSR count). The lowest BCUT2D eigenvalue weighted by Crippen LogP contribution is -2.38. The first-order chi connectivity index (χ1) is 11.6. The van der Waals surface area contributed by atoms with E-state index < -0.39 is 42.5 Å². The van der Waals surface area contributed by atoms with Gasteiger partial charge in [-0.3, -0.25) is 9.59 Å². The molecule has 0 saturated heterocycles. The molecule has 4 atom stereocenters. The molecule has 0 aliphatic heterocycles. The van der Waals surface area contributed by atoms with Gasteiger partial charge in [-0.2, -0.15) is 0 Å². The van der Waals surface area contributed by atoms with Crippen molar-refractivity contribution in [2.75, 3.05) is 19.8 Å². The Labute approximate surface area is 146 Å². The molecule has 10 nitrogen and oxygen atoms in total. The number of hydrogen-bond donors (Lipinski definition) is 5. The maximum atomic E-state index is 10.8. The summed E-state index contributed by atoms with van der Waals surface area (Å²) in [6, 6.07) is 0. The van der Waals surface area contributed by atoms with Gasteiger partial charge in [-0.05, 0) is 20.3 Å². The van der Waals surface area contributed by atoms with E-state index in [1.807, 2.05) is 0 Å². The van der Waals surface area contributed by atoms with Crippen molar-refractivity contribution in [2.24, 2.45) is 5.92 Å². The second kappa shape index (κ2) is 14.6. The smallest absolute Gasteiger partial charge is 0.333 e. The van der Waals surface area contributed by atoms with Crippen molar-refractivity contribution < 1.29 is 49.4 Å². The van der Waals surface area contributed by atoms with E-state index in [1.165, 1.54) is 0 Å². The van der Waals surface area contributed by atoms with E-state index in [-0.39, 0.29) is 19.3 Å². The summed E-state index contributed by atoms with van der Waals surface area (Å²) >= 11 is 0. The van der Waals surface area contributed by atoms with Crippen LogP contribution in [-0.2, 0) is 23.9 Å². The Bertz CT molecular complexity index is 396. The van der Waals surface area contributed by atoms with Gasteiger partial charge in [0.05, 0.1) is 31.8 Å². The van der Waals surface area contributed by atoms with Gasteiger partial charge in [0.1, 0.15) is 5.92 Å². The molecule has 5 N–H and O–H groups in total. The Kier molecular flexibility index (Phi) is 14.9. The van der Waals surface area contributed by atoms with Crippen LogP contribution in [-0.4, -0.2) is 81.6 Å². The lowest BCUT2D eigenvalue weighted by Gasteiger charge is -2.18. The van der Waals surface area contributed by atoms with Crippen LogP contribution in [0.4, 0.5) is 0 Å². The number of aliphatic hydroxyl groups is 2. The fraction of sp³-hybridized carbons (Fsp3) is 0.800. The Morgan fingerprint density at radius 1 is 1.00 bits per heavy atom. The first-order valence-electron chi connectivity index (χ1n) is 7.76. The third-order valence-electron chi connectivity index (χ3n) is 2.70. The molecule has 0 aromatic heterocycles. The molecule has 0 aliphatic rings. The maximum Gasteiger partial charge on any atom is 0.333 e. The minimum atomic E-state index is -1.63. The Morgan fingerprint density at radius 3 is 1.88 bits per heavy atom. The molecule has 10 heteroatoms. The summed E-state index contributed by atoms with van der Waals surface area (Å²) in [6.45, 7) is 5.49. The lowest BCUT2D eigenvalue weighted by molar-refractivity contribution is -0.166. The number of rotatable bonds is 12. The molecule has 0 saturated carbocycles. The zero-order valence-corrected chi connectivity index (χ0v) is 14.6. The number of carboxylic acid groups (broad SMARTS) is 3. The van der Waals surface area contributed by atoms with Crippen molar-refractivity contribution in [1.29, 1.82) is 0 Å². The van der Waals surface area contributed by atoms with Crippen LogP contribution in [0.2, 0.25) is 0 Å². The molecule has 0 fully saturated rings. The summed E-state index contributed by atoms with van der Waals surface area (Å²) in [4.78, 5) is 31.9. The van der Waals surface area contributed by atoms with Crippen LogP contribution in [0.5, 0.6) is 0 Å². The average molecular weight is 368 g/mol. The predicted molar refractivity (Wildman–Crippen MR) is 85.2 cm³/mol. The zero-order chi connectivity index (χ0) is 20.0. The van der Waals surface area contributed by atoms with Crippen LogP contribution in [0.25, 0.3) is 0 Å². The van der Waals surface area contributed by atoms with Gasteiger partial charge in [-0.15, -0.1) is 0 Å². The van der Waals surface area contributed by atoms with E-state index in [9.17, 15) is 14.4 Å². The van der Waals surface area contributed by atoms with Gasteiger partial charge in [0.25, 0.3) is 0 Å². The molecule has 0 aliphatic carbocycles. The molecule has 0 radical (unpaired) electrons. The number of ether oxygens (including phenoxy) is 2. The first kappa shape index (κ1) is 25.5. The molecule has 148 valence electrons. The van der Waals surface area contributed by atoms with Crippen molar-refractivity contribution in [1.82, 2.24) is 0 Å². The maximum absolute atomic E-state index is 10.8. The Hall–Kier alpha value is -1.75. The molecule has 0 amide bonds. The molecule has 4 unspecified atom stereocenters. The molecular weight excluding hydrogens is 340 g/mol. The summed E-state index contributed by atoms with van der Waals surface area (Å²) in [5, 5.41) is 43.1.